The highest BCUT2D eigenvalue weighted by Gasteiger charge is 2.23. The molecule has 4 aromatic carbocycles. The van der Waals surface area contributed by atoms with Gasteiger partial charge in [0.15, 0.2) is 15.7 Å². The third-order valence-corrected chi connectivity index (χ3v) is 6.73. The van der Waals surface area contributed by atoms with E-state index < -0.39 is 21.8 Å². The lowest BCUT2D eigenvalue weighted by atomic mass is 10.1. The standard InChI is InChI=1S/C28H25N3O5S/c1-37(34,35)25-13-6-5-12-24(25)19-14-16-23(17-15-19)36-26(20-8-3-2-4-9-20)28(32)30-22-11-7-10-21(18-22)27(29)31-33/h2-18,26,33H,1H3,(H2,29,31)(H,30,32). The molecule has 0 aliphatic heterocycles. The topological polar surface area (TPSA) is 131 Å². The fraction of sp³-hybridized carbons (Fsp3) is 0.0714. The van der Waals surface area contributed by atoms with E-state index in [2.05, 4.69) is 10.5 Å². The molecule has 4 rings (SSSR count). The fourth-order valence-corrected chi connectivity index (χ4v) is 4.71. The van der Waals surface area contributed by atoms with Gasteiger partial charge in [-0.2, -0.15) is 0 Å². The molecular formula is C28H25N3O5S. The summed E-state index contributed by atoms with van der Waals surface area (Å²) in [5.74, 6) is -0.0751. The molecule has 0 spiro atoms. The first-order valence-corrected chi connectivity index (χ1v) is 13.2. The molecule has 0 saturated carbocycles. The van der Waals surface area contributed by atoms with Gasteiger partial charge in [-0.3, -0.25) is 4.79 Å². The maximum absolute atomic E-state index is 13.3. The molecule has 9 heteroatoms. The van der Waals surface area contributed by atoms with Gasteiger partial charge in [-0.05, 0) is 35.9 Å². The van der Waals surface area contributed by atoms with Crippen LogP contribution in [0.3, 0.4) is 0 Å². The molecule has 1 unspecified atom stereocenters. The van der Waals surface area contributed by atoms with Crippen molar-refractivity contribution < 1.29 is 23.2 Å². The molecule has 37 heavy (non-hydrogen) atoms. The van der Waals surface area contributed by atoms with E-state index in [1.165, 1.54) is 6.26 Å². The summed E-state index contributed by atoms with van der Waals surface area (Å²) in [7, 11) is -3.41. The van der Waals surface area contributed by atoms with Crippen molar-refractivity contribution in [1.82, 2.24) is 0 Å². The number of sulfone groups is 1. The minimum atomic E-state index is -3.41. The summed E-state index contributed by atoms with van der Waals surface area (Å²) in [6.07, 6.45) is 0.190. The number of rotatable bonds is 8. The van der Waals surface area contributed by atoms with Crippen LogP contribution in [0.25, 0.3) is 11.1 Å². The largest absolute Gasteiger partial charge is 0.476 e. The van der Waals surface area contributed by atoms with Gasteiger partial charge in [-0.15, -0.1) is 0 Å². The van der Waals surface area contributed by atoms with Gasteiger partial charge in [0.2, 0.25) is 6.10 Å². The predicted octanol–water partition coefficient (Wildman–Crippen LogP) is 4.61. The number of carbonyl (C=O) groups is 1. The van der Waals surface area contributed by atoms with Gasteiger partial charge in [-0.1, -0.05) is 78.0 Å². The van der Waals surface area contributed by atoms with Crippen LogP contribution in [-0.2, 0) is 14.6 Å². The molecular weight excluding hydrogens is 490 g/mol. The van der Waals surface area contributed by atoms with Crippen molar-refractivity contribution in [2.45, 2.75) is 11.0 Å². The zero-order valence-electron chi connectivity index (χ0n) is 19.9. The number of hydrogen-bond acceptors (Lipinski definition) is 6. The van der Waals surface area contributed by atoms with Gasteiger partial charge in [0, 0.05) is 28.6 Å². The minimum absolute atomic E-state index is 0.0792. The predicted molar refractivity (Wildman–Crippen MR) is 142 cm³/mol. The van der Waals surface area contributed by atoms with Crippen molar-refractivity contribution in [2.24, 2.45) is 10.9 Å². The highest BCUT2D eigenvalue weighted by atomic mass is 32.2. The normalized spacial score (nSPS) is 12.5. The van der Waals surface area contributed by atoms with Crippen LogP contribution in [0.15, 0.2) is 113 Å². The Hall–Kier alpha value is -4.63. The zero-order chi connectivity index (χ0) is 26.4. The number of hydrogen-bond donors (Lipinski definition) is 3. The SMILES string of the molecule is CS(=O)(=O)c1ccccc1-c1ccc(OC(C(=O)Nc2cccc(/C(N)=N/O)c2)c2ccccc2)cc1. The number of benzene rings is 4. The van der Waals surface area contributed by atoms with E-state index in [0.717, 1.165) is 0 Å². The van der Waals surface area contributed by atoms with E-state index in [4.69, 9.17) is 15.7 Å². The molecule has 0 heterocycles. The van der Waals surface area contributed by atoms with Crippen molar-refractivity contribution in [3.05, 3.63) is 114 Å². The molecule has 0 radical (unpaired) electrons. The van der Waals surface area contributed by atoms with E-state index in [9.17, 15) is 13.2 Å². The fourth-order valence-electron chi connectivity index (χ4n) is 3.80. The molecule has 0 aromatic heterocycles. The number of ether oxygens (including phenoxy) is 1. The number of oxime groups is 1. The number of amidine groups is 1. The third kappa shape index (κ3) is 6.14. The highest BCUT2D eigenvalue weighted by Crippen LogP contribution is 2.30. The Morgan fingerprint density at radius 1 is 0.919 bits per heavy atom. The van der Waals surface area contributed by atoms with Gasteiger partial charge >= 0.3 is 0 Å². The summed E-state index contributed by atoms with van der Waals surface area (Å²) in [5.41, 5.74) is 8.48. The Labute approximate surface area is 214 Å². The van der Waals surface area contributed by atoms with Gasteiger partial charge in [0.1, 0.15) is 5.75 Å². The van der Waals surface area contributed by atoms with Crippen molar-refractivity contribution in [3.63, 3.8) is 0 Å². The summed E-state index contributed by atoms with van der Waals surface area (Å²) < 4.78 is 30.5. The van der Waals surface area contributed by atoms with Crippen LogP contribution >= 0.6 is 0 Å². The van der Waals surface area contributed by atoms with Crippen molar-refractivity contribution in [1.29, 1.82) is 0 Å². The van der Waals surface area contributed by atoms with Crippen LogP contribution in [0.2, 0.25) is 0 Å². The molecule has 4 N–H and O–H groups in total. The van der Waals surface area contributed by atoms with Crippen molar-refractivity contribution >= 4 is 27.3 Å². The second-order valence-corrected chi connectivity index (χ2v) is 10.2. The number of nitrogens with two attached hydrogens (primary N) is 1. The molecule has 1 atom stereocenters. The quantitative estimate of drug-likeness (QED) is 0.136. The summed E-state index contributed by atoms with van der Waals surface area (Å²) in [4.78, 5) is 13.5. The van der Waals surface area contributed by atoms with E-state index in [-0.39, 0.29) is 10.7 Å². The Kier molecular flexibility index (Phi) is 7.55. The molecule has 188 valence electrons. The van der Waals surface area contributed by atoms with Gasteiger partial charge in [-0.25, -0.2) is 8.42 Å². The first-order chi connectivity index (χ1) is 17.8. The lowest BCUT2D eigenvalue weighted by Gasteiger charge is -2.20. The van der Waals surface area contributed by atoms with Gasteiger partial charge < -0.3 is 21.0 Å². The van der Waals surface area contributed by atoms with E-state index in [0.29, 0.717) is 33.7 Å². The first-order valence-electron chi connectivity index (χ1n) is 11.3. The third-order valence-electron chi connectivity index (χ3n) is 5.58. The Bertz CT molecular complexity index is 1540. The van der Waals surface area contributed by atoms with E-state index in [1.54, 1.807) is 84.9 Å². The van der Waals surface area contributed by atoms with Crippen LogP contribution in [0.5, 0.6) is 5.75 Å². The number of carbonyl (C=O) groups excluding carboxylic acids is 1. The Morgan fingerprint density at radius 3 is 2.27 bits per heavy atom. The second-order valence-electron chi connectivity index (χ2n) is 8.26. The molecule has 0 bridgehead atoms. The summed E-state index contributed by atoms with van der Waals surface area (Å²) in [5, 5.41) is 14.7. The number of anilines is 1. The molecule has 4 aromatic rings. The summed E-state index contributed by atoms with van der Waals surface area (Å²) >= 11 is 0. The van der Waals surface area contributed by atoms with Crippen LogP contribution in [0.4, 0.5) is 5.69 Å². The second kappa shape index (κ2) is 11.0. The lowest BCUT2D eigenvalue weighted by Crippen LogP contribution is -2.26. The van der Waals surface area contributed by atoms with E-state index in [1.807, 2.05) is 18.2 Å². The smallest absolute Gasteiger partial charge is 0.270 e. The molecule has 8 nitrogen and oxygen atoms in total. The maximum Gasteiger partial charge on any atom is 0.270 e. The first kappa shape index (κ1) is 25.5. The van der Waals surface area contributed by atoms with Gasteiger partial charge in [0.05, 0.1) is 4.90 Å². The minimum Gasteiger partial charge on any atom is -0.476 e. The Morgan fingerprint density at radius 2 is 1.59 bits per heavy atom. The molecule has 0 saturated heterocycles. The maximum atomic E-state index is 13.3. The van der Waals surface area contributed by atoms with Crippen LogP contribution in [0.1, 0.15) is 17.2 Å². The van der Waals surface area contributed by atoms with Crippen LogP contribution in [-0.4, -0.2) is 31.6 Å². The Balaban J connectivity index is 1.60. The summed E-state index contributed by atoms with van der Waals surface area (Å²) in [6, 6.07) is 29.3. The van der Waals surface area contributed by atoms with Crippen LogP contribution in [0, 0.1) is 0 Å². The van der Waals surface area contributed by atoms with Gasteiger partial charge in [0.25, 0.3) is 5.91 Å². The number of nitrogens with zero attached hydrogens (tertiary/aromatic N) is 1. The average molecular weight is 516 g/mol. The summed E-state index contributed by atoms with van der Waals surface area (Å²) in [6.45, 7) is 0. The number of amides is 1. The lowest BCUT2D eigenvalue weighted by molar-refractivity contribution is -0.123. The number of nitrogens with one attached hydrogen (secondary N) is 1. The highest BCUT2D eigenvalue weighted by molar-refractivity contribution is 7.90. The van der Waals surface area contributed by atoms with Crippen molar-refractivity contribution in [3.8, 4) is 16.9 Å². The van der Waals surface area contributed by atoms with Crippen LogP contribution < -0.4 is 15.8 Å². The molecule has 0 fully saturated rings. The van der Waals surface area contributed by atoms with E-state index >= 15 is 0 Å². The van der Waals surface area contributed by atoms with Crippen molar-refractivity contribution in [2.75, 3.05) is 11.6 Å². The molecule has 1 amide bonds. The zero-order valence-corrected chi connectivity index (χ0v) is 20.7. The molecule has 0 aliphatic carbocycles. The average Bonchev–Trinajstić information content (AvgIpc) is 2.91. The molecule has 0 aliphatic rings. The monoisotopic (exact) mass is 515 g/mol.